The summed E-state index contributed by atoms with van der Waals surface area (Å²) in [6.07, 6.45) is 0.424. The summed E-state index contributed by atoms with van der Waals surface area (Å²) in [6, 6.07) is 3.52. The minimum absolute atomic E-state index is 0.0485. The molecule has 1 aromatic carbocycles. The highest BCUT2D eigenvalue weighted by Crippen LogP contribution is 2.34. The van der Waals surface area contributed by atoms with Crippen molar-refractivity contribution in [1.29, 1.82) is 0 Å². The van der Waals surface area contributed by atoms with Gasteiger partial charge in [-0.2, -0.15) is 0 Å². The number of aromatic nitrogens is 1. The minimum Gasteiger partial charge on any atom is -0.389 e. The number of hydrogen-bond acceptors (Lipinski definition) is 5. The molecule has 178 valence electrons. The van der Waals surface area contributed by atoms with Gasteiger partial charge in [0, 0.05) is 36.2 Å². The molecule has 34 heavy (non-hydrogen) atoms. The normalized spacial score (nSPS) is 17.4. The number of carbonyl (C=O) groups excluding carboxylic acids is 4. The zero-order valence-electron chi connectivity index (χ0n) is 18.9. The van der Waals surface area contributed by atoms with Gasteiger partial charge in [0.05, 0.1) is 23.8 Å². The highest BCUT2D eigenvalue weighted by atomic mass is 19.1. The Morgan fingerprint density at radius 1 is 1.29 bits per heavy atom. The monoisotopic (exact) mass is 469 g/mol. The van der Waals surface area contributed by atoms with E-state index in [4.69, 9.17) is 0 Å². The predicted octanol–water partition coefficient (Wildman–Crippen LogP) is 1.25. The van der Waals surface area contributed by atoms with Gasteiger partial charge in [-0.25, -0.2) is 9.18 Å². The fraction of sp³-hybridized carbons (Fsp3) is 0.304. The van der Waals surface area contributed by atoms with Crippen LogP contribution in [-0.2, 0) is 9.59 Å². The van der Waals surface area contributed by atoms with Crippen LogP contribution in [0.5, 0.6) is 0 Å². The fourth-order valence-electron chi connectivity index (χ4n) is 4.13. The molecule has 1 fully saturated rings. The largest absolute Gasteiger partial charge is 0.389 e. The van der Waals surface area contributed by atoms with Crippen LogP contribution in [-0.4, -0.2) is 76.4 Å². The van der Waals surface area contributed by atoms with Crippen molar-refractivity contribution in [2.45, 2.75) is 20.0 Å². The molecule has 4 rings (SSSR count). The fourth-order valence-corrected chi connectivity index (χ4v) is 4.13. The summed E-state index contributed by atoms with van der Waals surface area (Å²) in [5, 5.41) is 15.5. The lowest BCUT2D eigenvalue weighted by atomic mass is 10.0. The average molecular weight is 469 g/mol. The van der Waals surface area contributed by atoms with Crippen molar-refractivity contribution in [3.8, 4) is 0 Å². The minimum atomic E-state index is -1.14. The van der Waals surface area contributed by atoms with Gasteiger partial charge in [0.2, 0.25) is 5.91 Å². The Balaban J connectivity index is 1.48. The van der Waals surface area contributed by atoms with Gasteiger partial charge in [-0.3, -0.25) is 19.3 Å². The quantitative estimate of drug-likeness (QED) is 0.373. The van der Waals surface area contributed by atoms with Gasteiger partial charge < -0.3 is 25.6 Å². The molecule has 0 bridgehead atoms. The van der Waals surface area contributed by atoms with Gasteiger partial charge in [0.15, 0.2) is 0 Å². The van der Waals surface area contributed by atoms with Crippen LogP contribution >= 0.6 is 0 Å². The Morgan fingerprint density at radius 3 is 2.71 bits per heavy atom. The van der Waals surface area contributed by atoms with E-state index in [1.807, 2.05) is 0 Å². The molecule has 0 aliphatic carbocycles. The summed E-state index contributed by atoms with van der Waals surface area (Å²) in [6.45, 7) is 2.95. The Kier molecular flexibility index (Phi) is 5.96. The van der Waals surface area contributed by atoms with Crippen LogP contribution in [0.3, 0.4) is 0 Å². The van der Waals surface area contributed by atoms with E-state index in [0.29, 0.717) is 33.8 Å². The third kappa shape index (κ3) is 4.17. The molecule has 0 unspecified atom stereocenters. The number of hydrogen-bond donors (Lipinski definition) is 4. The second kappa shape index (κ2) is 8.75. The van der Waals surface area contributed by atoms with Gasteiger partial charge in [-0.15, -0.1) is 0 Å². The van der Waals surface area contributed by atoms with Crippen LogP contribution in [0.2, 0.25) is 0 Å². The summed E-state index contributed by atoms with van der Waals surface area (Å²) in [5.41, 5.74) is 3.17. The first-order chi connectivity index (χ1) is 16.1. The number of halogens is 1. The van der Waals surface area contributed by atoms with Crippen molar-refractivity contribution in [2.24, 2.45) is 0 Å². The van der Waals surface area contributed by atoms with Crippen LogP contribution in [0.25, 0.3) is 11.6 Å². The smallest absolute Gasteiger partial charge is 0.327 e. The number of nitrogens with one attached hydrogen (secondary N) is 3. The zero-order chi connectivity index (χ0) is 24.7. The molecule has 1 aromatic heterocycles. The summed E-state index contributed by atoms with van der Waals surface area (Å²) in [5.74, 6) is -1.72. The summed E-state index contributed by atoms with van der Waals surface area (Å²) in [4.78, 5) is 54.3. The van der Waals surface area contributed by atoms with Crippen LogP contribution in [0.1, 0.15) is 32.9 Å². The van der Waals surface area contributed by atoms with E-state index < -0.39 is 29.8 Å². The van der Waals surface area contributed by atoms with Crippen LogP contribution in [0, 0.1) is 19.7 Å². The van der Waals surface area contributed by atoms with Crippen LogP contribution in [0.15, 0.2) is 18.2 Å². The van der Waals surface area contributed by atoms with Gasteiger partial charge in [-0.05, 0) is 43.7 Å². The number of carbonyl (C=O) groups is 4. The van der Waals surface area contributed by atoms with Crippen molar-refractivity contribution in [3.05, 3.63) is 52.1 Å². The number of fused-ring (bicyclic) bond motifs is 1. The number of aliphatic hydroxyl groups excluding tert-OH is 1. The number of aromatic amines is 1. The van der Waals surface area contributed by atoms with E-state index in [9.17, 15) is 28.7 Å². The summed E-state index contributed by atoms with van der Waals surface area (Å²) in [7, 11) is 1.49. The molecule has 1 atom stereocenters. The number of β-amino-alcohol motifs (C(OH)–C–C–N with tert-alkyl or cyclic N) is 1. The Bertz CT molecular complexity index is 1250. The molecule has 11 heteroatoms. The molecule has 5 amide bonds. The maximum Gasteiger partial charge on any atom is 0.327 e. The number of rotatable bonds is 6. The number of likely N-dealkylation sites (N-methyl/N-ethyl adjacent to an activating group) is 1. The molecule has 0 radical (unpaired) electrons. The van der Waals surface area contributed by atoms with Gasteiger partial charge in [0.25, 0.3) is 11.8 Å². The van der Waals surface area contributed by atoms with E-state index >= 15 is 0 Å². The Morgan fingerprint density at radius 2 is 2.03 bits per heavy atom. The van der Waals surface area contributed by atoms with E-state index in [-0.39, 0.29) is 31.1 Å². The SMILES string of the molecule is Cc1[nH]c(C=C2C(=O)Nc3ccc(F)cc32)c(C)c1C(=O)NC[C@H](O)CN1C(=O)CN(C)C1=O. The lowest BCUT2D eigenvalue weighted by molar-refractivity contribution is -0.126. The van der Waals surface area contributed by atoms with Gasteiger partial charge >= 0.3 is 6.03 Å². The summed E-state index contributed by atoms with van der Waals surface area (Å²) >= 11 is 0. The Hall–Kier alpha value is -3.99. The number of aliphatic hydroxyl groups is 1. The maximum absolute atomic E-state index is 13.7. The number of anilines is 1. The van der Waals surface area contributed by atoms with Crippen LogP contribution in [0.4, 0.5) is 14.9 Å². The second-order valence-corrected chi connectivity index (χ2v) is 8.37. The van der Waals surface area contributed by atoms with Crippen molar-refractivity contribution < 1.29 is 28.7 Å². The number of benzene rings is 1. The number of amides is 5. The molecule has 2 aromatic rings. The van der Waals surface area contributed by atoms with Crippen molar-refractivity contribution in [2.75, 3.05) is 32.0 Å². The molecule has 2 aliphatic heterocycles. The Labute approximate surface area is 194 Å². The van der Waals surface area contributed by atoms with Crippen molar-refractivity contribution >= 4 is 41.1 Å². The third-order valence-corrected chi connectivity index (χ3v) is 5.88. The molecule has 4 N–H and O–H groups in total. The topological polar surface area (TPSA) is 135 Å². The molecule has 10 nitrogen and oxygen atoms in total. The van der Waals surface area contributed by atoms with Crippen LogP contribution < -0.4 is 10.6 Å². The van der Waals surface area contributed by atoms with E-state index in [1.165, 1.54) is 30.1 Å². The second-order valence-electron chi connectivity index (χ2n) is 8.37. The number of H-pyrrole nitrogens is 1. The highest BCUT2D eigenvalue weighted by Gasteiger charge is 2.34. The van der Waals surface area contributed by atoms with Gasteiger partial charge in [0.1, 0.15) is 12.4 Å². The highest BCUT2D eigenvalue weighted by molar-refractivity contribution is 6.34. The molecule has 0 saturated carbocycles. The van der Waals surface area contributed by atoms with Crippen molar-refractivity contribution in [3.63, 3.8) is 0 Å². The molecular formula is C23H24FN5O5. The molecule has 1 saturated heterocycles. The molecular weight excluding hydrogens is 445 g/mol. The number of urea groups is 1. The van der Waals surface area contributed by atoms with E-state index in [0.717, 1.165) is 4.90 Å². The predicted molar refractivity (Wildman–Crippen MR) is 121 cm³/mol. The first kappa shape index (κ1) is 23.2. The van der Waals surface area contributed by atoms with E-state index in [1.54, 1.807) is 19.9 Å². The maximum atomic E-state index is 13.7. The zero-order valence-corrected chi connectivity index (χ0v) is 18.9. The lowest BCUT2D eigenvalue weighted by Gasteiger charge is -2.18. The van der Waals surface area contributed by atoms with Crippen molar-refractivity contribution in [1.82, 2.24) is 20.1 Å². The third-order valence-electron chi connectivity index (χ3n) is 5.88. The molecule has 0 spiro atoms. The molecule has 3 heterocycles. The summed E-state index contributed by atoms with van der Waals surface area (Å²) < 4.78 is 13.7. The lowest BCUT2D eigenvalue weighted by Crippen LogP contribution is -2.43. The average Bonchev–Trinajstić information content (AvgIpc) is 3.32. The standard InChI is InChI=1S/C23H24FN5O5/c1-11-18(7-16-15-6-13(24)4-5-17(15)27-21(16)32)26-12(2)20(11)22(33)25-8-14(30)9-29-19(31)10-28(3)23(29)34/h4-7,14,26,30H,8-10H2,1-3H3,(H,25,33)(H,27,32)/t14-/m0/s1. The molecule has 2 aliphatic rings. The first-order valence-corrected chi connectivity index (χ1v) is 10.6. The number of imide groups is 1. The van der Waals surface area contributed by atoms with E-state index in [2.05, 4.69) is 15.6 Å². The first-order valence-electron chi connectivity index (χ1n) is 10.6. The van der Waals surface area contributed by atoms with Gasteiger partial charge in [-0.1, -0.05) is 0 Å². The number of aryl methyl sites for hydroxylation is 1. The number of nitrogens with zero attached hydrogens (tertiary/aromatic N) is 2.